The molecule has 0 saturated heterocycles. The highest BCUT2D eigenvalue weighted by Gasteiger charge is 2.24. The number of nitriles is 1. The number of nitrogens with zero attached hydrogens (tertiary/aromatic N) is 1. The first-order chi connectivity index (χ1) is 13.3. The zero-order valence-electron chi connectivity index (χ0n) is 17.3. The second-order valence-electron chi connectivity index (χ2n) is 8.07. The highest BCUT2D eigenvalue weighted by Crippen LogP contribution is 2.38. The van der Waals surface area contributed by atoms with Crippen molar-refractivity contribution in [3.63, 3.8) is 0 Å². The zero-order valence-corrected chi connectivity index (χ0v) is 17.3. The van der Waals surface area contributed by atoms with Gasteiger partial charge in [0, 0.05) is 0 Å². The third kappa shape index (κ3) is 7.79. The summed E-state index contributed by atoms with van der Waals surface area (Å²) in [6.07, 6.45) is 18.3. The minimum absolute atomic E-state index is 0.369. The van der Waals surface area contributed by atoms with Gasteiger partial charge in [0.25, 0.3) is 0 Å². The van der Waals surface area contributed by atoms with Crippen molar-refractivity contribution in [3.8, 4) is 6.07 Å². The molecular weight excluding hydrogens is 330 g/mol. The maximum atomic E-state index is 8.94. The molecule has 0 N–H and O–H groups in total. The second-order valence-corrected chi connectivity index (χ2v) is 8.07. The lowest BCUT2D eigenvalue weighted by Gasteiger charge is -2.30. The van der Waals surface area contributed by atoms with Crippen LogP contribution in [-0.2, 0) is 4.74 Å². The van der Waals surface area contributed by atoms with Crippen molar-refractivity contribution in [2.45, 2.75) is 96.5 Å². The summed E-state index contributed by atoms with van der Waals surface area (Å²) in [7, 11) is 0. The molecule has 1 aliphatic rings. The molecule has 148 valence electrons. The summed E-state index contributed by atoms with van der Waals surface area (Å²) in [4.78, 5) is 0. The van der Waals surface area contributed by atoms with Gasteiger partial charge < -0.3 is 4.74 Å². The van der Waals surface area contributed by atoms with Crippen LogP contribution in [0.4, 0.5) is 0 Å². The largest absolute Gasteiger partial charge is 0.498 e. The Hall–Kier alpha value is -1.75. The minimum atomic E-state index is 0.369. The molecule has 2 nitrogen and oxygen atoms in total. The van der Waals surface area contributed by atoms with E-state index in [1.807, 2.05) is 18.4 Å². The molecular formula is C25H37NO. The predicted molar refractivity (Wildman–Crippen MR) is 114 cm³/mol. The molecule has 1 aromatic rings. The van der Waals surface area contributed by atoms with Gasteiger partial charge in [-0.2, -0.15) is 5.26 Å². The Morgan fingerprint density at radius 1 is 1.07 bits per heavy atom. The summed E-state index contributed by atoms with van der Waals surface area (Å²) >= 11 is 0. The van der Waals surface area contributed by atoms with Gasteiger partial charge in [-0.1, -0.05) is 45.2 Å². The van der Waals surface area contributed by atoms with Gasteiger partial charge >= 0.3 is 0 Å². The third-order valence-corrected chi connectivity index (χ3v) is 6.00. The number of hydrogen-bond acceptors (Lipinski definition) is 2. The number of ether oxygens (including phenoxy) is 1. The Kier molecular flexibility index (Phi) is 10.1. The normalized spacial score (nSPS) is 21.1. The fourth-order valence-corrected chi connectivity index (χ4v) is 4.18. The number of allylic oxidation sites excluding steroid dienone is 1. The van der Waals surface area contributed by atoms with Crippen LogP contribution < -0.4 is 0 Å². The van der Waals surface area contributed by atoms with Crippen molar-refractivity contribution < 1.29 is 4.74 Å². The van der Waals surface area contributed by atoms with Gasteiger partial charge in [0.15, 0.2) is 0 Å². The lowest BCUT2D eigenvalue weighted by Crippen LogP contribution is -2.19. The van der Waals surface area contributed by atoms with E-state index in [1.54, 1.807) is 0 Å². The van der Waals surface area contributed by atoms with Gasteiger partial charge in [-0.15, -0.1) is 0 Å². The quantitative estimate of drug-likeness (QED) is 0.299. The number of unbranched alkanes of at least 4 members (excludes halogenated alkanes) is 4. The van der Waals surface area contributed by atoms with Crippen LogP contribution in [0.3, 0.4) is 0 Å². The molecule has 0 aromatic heterocycles. The van der Waals surface area contributed by atoms with Crippen LogP contribution in [0, 0.1) is 17.2 Å². The Bertz CT molecular complexity index is 575. The van der Waals surface area contributed by atoms with Crippen LogP contribution in [0.15, 0.2) is 36.6 Å². The second kappa shape index (κ2) is 12.6. The fourth-order valence-electron chi connectivity index (χ4n) is 4.18. The van der Waals surface area contributed by atoms with Crippen LogP contribution in [0.5, 0.6) is 0 Å². The van der Waals surface area contributed by atoms with Crippen molar-refractivity contribution in [1.29, 1.82) is 5.26 Å². The molecule has 0 radical (unpaired) electrons. The summed E-state index contributed by atoms with van der Waals surface area (Å²) < 4.78 is 6.03. The van der Waals surface area contributed by atoms with Crippen molar-refractivity contribution >= 4 is 0 Å². The molecule has 0 bridgehead atoms. The minimum Gasteiger partial charge on any atom is -0.498 e. The Morgan fingerprint density at radius 2 is 1.81 bits per heavy atom. The number of rotatable bonds is 11. The van der Waals surface area contributed by atoms with E-state index in [4.69, 9.17) is 10.00 Å². The van der Waals surface area contributed by atoms with Crippen molar-refractivity contribution in [1.82, 2.24) is 0 Å². The molecule has 2 heteroatoms. The topological polar surface area (TPSA) is 33.0 Å². The van der Waals surface area contributed by atoms with Gasteiger partial charge in [0.05, 0.1) is 24.0 Å². The van der Waals surface area contributed by atoms with Crippen LogP contribution in [-0.4, -0.2) is 6.10 Å². The molecule has 1 aromatic carbocycles. The lowest BCUT2D eigenvalue weighted by molar-refractivity contribution is 0.102. The molecule has 0 aliphatic heterocycles. The van der Waals surface area contributed by atoms with E-state index >= 15 is 0 Å². The summed E-state index contributed by atoms with van der Waals surface area (Å²) in [6, 6.07) is 10.4. The highest BCUT2D eigenvalue weighted by atomic mass is 16.5. The summed E-state index contributed by atoms with van der Waals surface area (Å²) in [6.45, 7) is 4.49. The van der Waals surface area contributed by atoms with Gasteiger partial charge in [0.1, 0.15) is 0 Å². The van der Waals surface area contributed by atoms with Crippen molar-refractivity contribution in [2.75, 3.05) is 0 Å². The third-order valence-electron chi connectivity index (χ3n) is 6.00. The molecule has 1 saturated carbocycles. The number of hydrogen-bond donors (Lipinski definition) is 0. The Balaban J connectivity index is 1.68. The zero-order chi connectivity index (χ0) is 19.3. The number of benzene rings is 1. The summed E-state index contributed by atoms with van der Waals surface area (Å²) in [5, 5.41) is 8.94. The van der Waals surface area contributed by atoms with E-state index in [1.165, 1.54) is 63.4 Å². The fraction of sp³-hybridized carbons (Fsp3) is 0.640. The molecule has 1 fully saturated rings. The van der Waals surface area contributed by atoms with Crippen LogP contribution in [0.2, 0.25) is 0 Å². The van der Waals surface area contributed by atoms with Crippen molar-refractivity contribution in [2.24, 2.45) is 5.92 Å². The van der Waals surface area contributed by atoms with E-state index in [0.717, 1.165) is 24.3 Å². The first-order valence-corrected chi connectivity index (χ1v) is 11.1. The van der Waals surface area contributed by atoms with E-state index in [-0.39, 0.29) is 0 Å². The van der Waals surface area contributed by atoms with E-state index in [0.29, 0.717) is 12.0 Å². The van der Waals surface area contributed by atoms with Gasteiger partial charge in [-0.3, -0.25) is 0 Å². The predicted octanol–water partition coefficient (Wildman–Crippen LogP) is 7.50. The first-order valence-electron chi connectivity index (χ1n) is 11.1. The van der Waals surface area contributed by atoms with E-state index < -0.39 is 0 Å². The van der Waals surface area contributed by atoms with E-state index in [2.05, 4.69) is 38.1 Å². The van der Waals surface area contributed by atoms with Gasteiger partial charge in [0.2, 0.25) is 0 Å². The highest BCUT2D eigenvalue weighted by molar-refractivity contribution is 5.33. The molecule has 0 heterocycles. The monoisotopic (exact) mass is 367 g/mol. The van der Waals surface area contributed by atoms with E-state index in [9.17, 15) is 0 Å². The Morgan fingerprint density at radius 3 is 2.44 bits per heavy atom. The van der Waals surface area contributed by atoms with Crippen molar-refractivity contribution in [3.05, 3.63) is 47.7 Å². The maximum Gasteiger partial charge on any atom is 0.0991 e. The smallest absolute Gasteiger partial charge is 0.0991 e. The summed E-state index contributed by atoms with van der Waals surface area (Å²) in [5.41, 5.74) is 2.16. The van der Waals surface area contributed by atoms with Gasteiger partial charge in [-0.05, 0) is 87.0 Å². The molecule has 27 heavy (non-hydrogen) atoms. The summed E-state index contributed by atoms with van der Waals surface area (Å²) in [5.74, 6) is 1.46. The molecule has 2 rings (SSSR count). The maximum absolute atomic E-state index is 8.94. The molecule has 0 amide bonds. The van der Waals surface area contributed by atoms with Gasteiger partial charge in [-0.25, -0.2) is 0 Å². The van der Waals surface area contributed by atoms with Crippen LogP contribution >= 0.6 is 0 Å². The van der Waals surface area contributed by atoms with Crippen LogP contribution in [0.25, 0.3) is 0 Å². The van der Waals surface area contributed by atoms with Crippen LogP contribution in [0.1, 0.15) is 102 Å². The first kappa shape index (κ1) is 21.5. The average Bonchev–Trinajstić information content (AvgIpc) is 2.73. The standard InChI is InChI=1S/C25H37NO/c1-3-5-6-7-8-9-18-27-25(4-2)19-21-10-14-23(15-11-21)24-16-12-22(20-26)13-17-24/h9,12-13,16-18,21,23,25H,3-8,10-11,14-15,19H2,1-2H3. The Labute approximate surface area is 166 Å². The molecule has 1 aliphatic carbocycles. The molecule has 1 atom stereocenters. The molecule has 1 unspecified atom stereocenters. The average molecular weight is 368 g/mol. The molecule has 0 spiro atoms. The SMILES string of the molecule is CCCCCCC=COC(CC)CC1CCC(c2ccc(C#N)cc2)CC1. The lowest BCUT2D eigenvalue weighted by atomic mass is 9.76.